The Balaban J connectivity index is 2.77. The molecule has 0 saturated heterocycles. The van der Waals surface area contributed by atoms with Crippen LogP contribution in [-0.2, 0) is 4.79 Å². The summed E-state index contributed by atoms with van der Waals surface area (Å²) >= 11 is 1.10. The molecule has 3 nitrogen and oxygen atoms in total. The molecule has 0 spiro atoms. The van der Waals surface area contributed by atoms with E-state index in [9.17, 15) is 18.0 Å². The summed E-state index contributed by atoms with van der Waals surface area (Å²) in [5, 5.41) is 12.8. The van der Waals surface area contributed by atoms with Crippen molar-refractivity contribution >= 4 is 22.8 Å². The minimum Gasteiger partial charge on any atom is -0.411 e. The summed E-state index contributed by atoms with van der Waals surface area (Å²) in [6, 6.07) is 3.06. The predicted octanol–water partition coefficient (Wildman–Crippen LogP) is 2.45. The number of Topliss-reactive ketones (excluding diaryl/α,β-unsaturated/α-hetero) is 1. The summed E-state index contributed by atoms with van der Waals surface area (Å²) in [7, 11) is 0. The zero-order chi connectivity index (χ0) is 11.5. The Morgan fingerprint density at radius 2 is 2.20 bits per heavy atom. The molecule has 0 aliphatic carbocycles. The third-order valence-electron chi connectivity index (χ3n) is 1.57. The fraction of sp³-hybridized carbons (Fsp3) is 0.250. The van der Waals surface area contributed by atoms with Crippen LogP contribution in [-0.4, -0.2) is 22.9 Å². The molecule has 0 atom stereocenters. The molecule has 1 aromatic heterocycles. The van der Waals surface area contributed by atoms with E-state index in [4.69, 9.17) is 5.21 Å². The number of oxime groups is 1. The number of thiophene rings is 1. The van der Waals surface area contributed by atoms with Gasteiger partial charge in [-0.2, -0.15) is 13.2 Å². The van der Waals surface area contributed by atoms with E-state index >= 15 is 0 Å². The highest BCUT2D eigenvalue weighted by atomic mass is 32.1. The lowest BCUT2D eigenvalue weighted by atomic mass is 10.1. The molecule has 15 heavy (non-hydrogen) atoms. The molecule has 0 saturated carbocycles. The van der Waals surface area contributed by atoms with Crippen molar-refractivity contribution in [2.45, 2.75) is 12.6 Å². The molecule has 0 aliphatic heterocycles. The maximum Gasteiger partial charge on any atom is 0.450 e. The van der Waals surface area contributed by atoms with E-state index in [2.05, 4.69) is 5.16 Å². The van der Waals surface area contributed by atoms with Crippen LogP contribution in [0.3, 0.4) is 0 Å². The SMILES string of the molecule is O=C(C/C(=N/O)c1cccs1)C(F)(F)F. The minimum absolute atomic E-state index is 0.271. The van der Waals surface area contributed by atoms with Crippen molar-refractivity contribution in [3.8, 4) is 0 Å². The van der Waals surface area contributed by atoms with Crippen LogP contribution in [0.15, 0.2) is 22.7 Å². The van der Waals surface area contributed by atoms with Crippen molar-refractivity contribution in [2.24, 2.45) is 5.16 Å². The molecule has 0 fully saturated rings. The monoisotopic (exact) mass is 237 g/mol. The number of halogens is 3. The van der Waals surface area contributed by atoms with Crippen molar-refractivity contribution in [3.63, 3.8) is 0 Å². The van der Waals surface area contributed by atoms with Crippen LogP contribution in [0.2, 0.25) is 0 Å². The van der Waals surface area contributed by atoms with Gasteiger partial charge in [0.1, 0.15) is 5.71 Å². The first-order valence-corrected chi connectivity index (χ1v) is 4.68. The second-order valence-corrected chi connectivity index (χ2v) is 3.57. The fourth-order valence-electron chi connectivity index (χ4n) is 0.867. The number of hydrogen-bond donors (Lipinski definition) is 1. The first-order valence-electron chi connectivity index (χ1n) is 3.80. The fourth-order valence-corrected chi connectivity index (χ4v) is 1.58. The average Bonchev–Trinajstić information content (AvgIpc) is 2.64. The van der Waals surface area contributed by atoms with E-state index in [1.807, 2.05) is 0 Å². The van der Waals surface area contributed by atoms with Crippen LogP contribution in [0.4, 0.5) is 13.2 Å². The van der Waals surface area contributed by atoms with Gasteiger partial charge in [0.15, 0.2) is 0 Å². The summed E-state index contributed by atoms with van der Waals surface area (Å²) in [6.45, 7) is 0. The van der Waals surface area contributed by atoms with Gasteiger partial charge in [0.2, 0.25) is 5.78 Å². The Hall–Kier alpha value is -1.37. The maximum absolute atomic E-state index is 11.9. The number of rotatable bonds is 3. The normalized spacial score (nSPS) is 12.9. The minimum atomic E-state index is -4.90. The van der Waals surface area contributed by atoms with E-state index in [1.165, 1.54) is 6.07 Å². The van der Waals surface area contributed by atoms with Crippen LogP contribution in [0.1, 0.15) is 11.3 Å². The van der Waals surface area contributed by atoms with Crippen molar-refractivity contribution in [1.82, 2.24) is 0 Å². The molecule has 0 aliphatic rings. The second-order valence-electron chi connectivity index (χ2n) is 2.62. The molecule has 1 heterocycles. The van der Waals surface area contributed by atoms with Gasteiger partial charge in [0.05, 0.1) is 11.3 Å². The number of carbonyl (C=O) groups excluding carboxylic acids is 1. The molecule has 0 radical (unpaired) electrons. The van der Waals surface area contributed by atoms with Crippen LogP contribution < -0.4 is 0 Å². The first-order chi connectivity index (χ1) is 6.95. The molecule has 1 rings (SSSR count). The van der Waals surface area contributed by atoms with Crippen molar-refractivity contribution in [1.29, 1.82) is 0 Å². The van der Waals surface area contributed by atoms with Gasteiger partial charge in [-0.05, 0) is 11.4 Å². The van der Waals surface area contributed by atoms with Crippen molar-refractivity contribution < 1.29 is 23.2 Å². The van der Waals surface area contributed by atoms with E-state index in [0.29, 0.717) is 4.88 Å². The number of carbonyl (C=O) groups is 1. The third-order valence-corrected chi connectivity index (χ3v) is 2.49. The zero-order valence-electron chi connectivity index (χ0n) is 7.28. The third kappa shape index (κ3) is 3.05. The van der Waals surface area contributed by atoms with Gasteiger partial charge in [-0.3, -0.25) is 4.79 Å². The molecule has 1 N–H and O–H groups in total. The predicted molar refractivity (Wildman–Crippen MR) is 48.3 cm³/mol. The Bertz CT molecular complexity index is 370. The molecule has 0 aromatic carbocycles. The van der Waals surface area contributed by atoms with Gasteiger partial charge in [-0.15, -0.1) is 11.3 Å². The van der Waals surface area contributed by atoms with Crippen LogP contribution in [0.5, 0.6) is 0 Å². The molecule has 82 valence electrons. The largest absolute Gasteiger partial charge is 0.450 e. The number of nitrogens with zero attached hydrogens (tertiary/aromatic N) is 1. The van der Waals surface area contributed by atoms with E-state index in [1.54, 1.807) is 11.4 Å². The average molecular weight is 237 g/mol. The van der Waals surface area contributed by atoms with Gasteiger partial charge in [-0.25, -0.2) is 0 Å². The van der Waals surface area contributed by atoms with Gasteiger partial charge in [0, 0.05) is 0 Å². The van der Waals surface area contributed by atoms with Gasteiger partial charge >= 0.3 is 6.18 Å². The Labute approximate surface area is 86.8 Å². The first kappa shape index (κ1) is 11.7. The second kappa shape index (κ2) is 4.43. The zero-order valence-corrected chi connectivity index (χ0v) is 8.10. The summed E-state index contributed by atoms with van der Waals surface area (Å²) in [4.78, 5) is 11.0. The van der Waals surface area contributed by atoms with E-state index < -0.39 is 18.4 Å². The molecule has 0 unspecified atom stereocenters. The topological polar surface area (TPSA) is 49.7 Å². The lowest BCUT2D eigenvalue weighted by Crippen LogP contribution is -2.25. The summed E-state index contributed by atoms with van der Waals surface area (Å²) in [5.74, 6) is -1.93. The molecular weight excluding hydrogens is 231 g/mol. The smallest absolute Gasteiger partial charge is 0.411 e. The van der Waals surface area contributed by atoms with Crippen molar-refractivity contribution in [2.75, 3.05) is 0 Å². The van der Waals surface area contributed by atoms with Crippen LogP contribution in [0, 0.1) is 0 Å². The highest BCUT2D eigenvalue weighted by Gasteiger charge is 2.38. The Morgan fingerprint density at radius 1 is 1.53 bits per heavy atom. The Kier molecular flexibility index (Phi) is 3.46. The van der Waals surface area contributed by atoms with Crippen LogP contribution >= 0.6 is 11.3 Å². The molecule has 0 bridgehead atoms. The van der Waals surface area contributed by atoms with E-state index in [0.717, 1.165) is 11.3 Å². The molecule has 1 aromatic rings. The van der Waals surface area contributed by atoms with Gasteiger partial charge in [0.25, 0.3) is 0 Å². The van der Waals surface area contributed by atoms with E-state index in [-0.39, 0.29) is 5.71 Å². The summed E-state index contributed by atoms with van der Waals surface area (Å²) in [5.41, 5.74) is -0.271. The summed E-state index contributed by atoms with van der Waals surface area (Å²) < 4.78 is 35.7. The highest BCUT2D eigenvalue weighted by molar-refractivity contribution is 7.12. The number of hydrogen-bond acceptors (Lipinski definition) is 4. The Morgan fingerprint density at radius 3 is 2.60 bits per heavy atom. The summed E-state index contributed by atoms with van der Waals surface area (Å²) in [6.07, 6.45) is -5.84. The van der Waals surface area contributed by atoms with Crippen molar-refractivity contribution in [3.05, 3.63) is 22.4 Å². The highest BCUT2D eigenvalue weighted by Crippen LogP contribution is 2.20. The molecule has 7 heteroatoms. The number of ketones is 1. The lowest BCUT2D eigenvalue weighted by molar-refractivity contribution is -0.169. The van der Waals surface area contributed by atoms with Gasteiger partial charge < -0.3 is 5.21 Å². The molecule has 0 amide bonds. The maximum atomic E-state index is 11.9. The van der Waals surface area contributed by atoms with Crippen LogP contribution in [0.25, 0.3) is 0 Å². The standard InChI is InChI=1S/C8H6F3NO2S/c9-8(10,11)7(13)4-5(12-14)6-2-1-3-15-6/h1-3,14H,4H2/b12-5-. The quantitative estimate of drug-likeness (QED) is 0.498. The number of alkyl halides is 3. The molecular formula is C8H6F3NO2S. The lowest BCUT2D eigenvalue weighted by Gasteiger charge is -2.04. The van der Waals surface area contributed by atoms with Gasteiger partial charge in [-0.1, -0.05) is 11.2 Å².